The van der Waals surface area contributed by atoms with Gasteiger partial charge in [0.1, 0.15) is 16.4 Å². The molecule has 0 aliphatic carbocycles. The normalized spacial score (nSPS) is 11.5. The van der Waals surface area contributed by atoms with Crippen LogP contribution in [0.25, 0.3) is 5.69 Å². The molecule has 0 saturated heterocycles. The lowest BCUT2D eigenvalue weighted by Gasteiger charge is -2.11. The van der Waals surface area contributed by atoms with Gasteiger partial charge in [-0.1, -0.05) is 40.9 Å². The van der Waals surface area contributed by atoms with Crippen LogP contribution in [-0.2, 0) is 10.0 Å². The largest absolute Gasteiger partial charge is 0.303 e. The van der Waals surface area contributed by atoms with Gasteiger partial charge in [-0.25, -0.2) is 18.1 Å². The Bertz CT molecular complexity index is 1190. The van der Waals surface area contributed by atoms with Gasteiger partial charge in [-0.2, -0.15) is 0 Å². The maximum absolute atomic E-state index is 12.8. The van der Waals surface area contributed by atoms with Gasteiger partial charge >= 0.3 is 0 Å². The van der Waals surface area contributed by atoms with Crippen LogP contribution in [0.3, 0.4) is 0 Å². The van der Waals surface area contributed by atoms with Gasteiger partial charge in [0.05, 0.1) is 5.02 Å². The van der Waals surface area contributed by atoms with Crippen LogP contribution in [0.2, 0.25) is 15.1 Å². The summed E-state index contributed by atoms with van der Waals surface area (Å²) < 4.78 is 29.1. The first-order valence-corrected chi connectivity index (χ1v) is 11.9. The molecule has 0 fully saturated rings. The molecule has 152 valence electrons. The molecule has 0 saturated carbocycles. The minimum Gasteiger partial charge on any atom is -0.303 e. The number of rotatable bonds is 5. The molecule has 0 spiro atoms. The lowest BCUT2D eigenvalue weighted by atomic mass is 10.3. The summed E-state index contributed by atoms with van der Waals surface area (Å²) in [4.78, 5) is 17.0. The maximum atomic E-state index is 12.8. The Kier molecular flexibility index (Phi) is 6.50. The van der Waals surface area contributed by atoms with Gasteiger partial charge in [0, 0.05) is 26.8 Å². The van der Waals surface area contributed by atoms with E-state index in [9.17, 15) is 13.2 Å². The molecule has 3 aromatic rings. The second-order valence-electron chi connectivity index (χ2n) is 5.88. The third-order valence-corrected chi connectivity index (χ3v) is 7.09. The minimum absolute atomic E-state index is 0.0208. The summed E-state index contributed by atoms with van der Waals surface area (Å²) in [6.45, 7) is 1.67. The predicted molar refractivity (Wildman–Crippen MR) is 116 cm³/mol. The van der Waals surface area contributed by atoms with Crippen LogP contribution in [0.4, 0.5) is 0 Å². The van der Waals surface area contributed by atoms with E-state index >= 15 is 0 Å². The van der Waals surface area contributed by atoms with E-state index in [0.717, 1.165) is 0 Å². The Balaban J connectivity index is 1.95. The number of halogens is 3. The number of thioether (sulfide) groups is 1. The average molecular weight is 491 g/mol. The first-order chi connectivity index (χ1) is 13.6. The molecular weight excluding hydrogens is 477 g/mol. The van der Waals surface area contributed by atoms with Crippen molar-refractivity contribution in [1.29, 1.82) is 0 Å². The number of benzene rings is 2. The van der Waals surface area contributed by atoms with E-state index in [4.69, 9.17) is 34.8 Å². The number of aromatic nitrogens is 2. The van der Waals surface area contributed by atoms with E-state index in [-0.39, 0.29) is 15.6 Å². The molecule has 1 N–H and O–H groups in total. The molecule has 11 heteroatoms. The Hall–Kier alpha value is -1.71. The van der Waals surface area contributed by atoms with Crippen molar-refractivity contribution in [2.24, 2.45) is 0 Å². The number of nitrogens with zero attached hydrogens (tertiary/aromatic N) is 2. The van der Waals surface area contributed by atoms with E-state index < -0.39 is 15.9 Å². The highest BCUT2D eigenvalue weighted by molar-refractivity contribution is 7.99. The molecule has 1 aromatic heterocycles. The first-order valence-electron chi connectivity index (χ1n) is 8.04. The highest BCUT2D eigenvalue weighted by Crippen LogP contribution is 2.31. The zero-order chi connectivity index (χ0) is 21.3. The monoisotopic (exact) mass is 489 g/mol. The fourth-order valence-corrected chi connectivity index (χ4v) is 5.91. The highest BCUT2D eigenvalue weighted by Gasteiger charge is 2.26. The van der Waals surface area contributed by atoms with Crippen molar-refractivity contribution in [3.8, 4) is 5.69 Å². The van der Waals surface area contributed by atoms with Crippen molar-refractivity contribution < 1.29 is 13.2 Å². The number of aryl methyl sites for hydroxylation is 1. The molecule has 0 unspecified atom stereocenters. The Labute approximate surface area is 187 Å². The number of amides is 1. The zero-order valence-electron chi connectivity index (χ0n) is 15.1. The van der Waals surface area contributed by atoms with E-state index in [1.165, 1.54) is 24.0 Å². The molecule has 1 heterocycles. The summed E-state index contributed by atoms with van der Waals surface area (Å²) in [6, 6.07) is 9.56. The molecule has 0 aliphatic rings. The number of imidazole rings is 1. The fourth-order valence-electron chi connectivity index (χ4n) is 2.66. The summed E-state index contributed by atoms with van der Waals surface area (Å²) >= 11 is 19.3. The molecule has 1 amide bonds. The Morgan fingerprint density at radius 2 is 1.79 bits per heavy atom. The molecule has 3 rings (SSSR count). The van der Waals surface area contributed by atoms with Crippen molar-refractivity contribution in [3.05, 3.63) is 69.2 Å². The van der Waals surface area contributed by atoms with Crippen LogP contribution < -0.4 is 4.72 Å². The van der Waals surface area contributed by atoms with Crippen molar-refractivity contribution in [3.63, 3.8) is 0 Å². The second kappa shape index (κ2) is 8.57. The zero-order valence-corrected chi connectivity index (χ0v) is 19.0. The van der Waals surface area contributed by atoms with Gasteiger partial charge < -0.3 is 4.57 Å². The van der Waals surface area contributed by atoms with Gasteiger partial charge in [0.25, 0.3) is 15.9 Å². The van der Waals surface area contributed by atoms with Crippen molar-refractivity contribution in [2.45, 2.75) is 16.7 Å². The van der Waals surface area contributed by atoms with E-state index in [0.29, 0.717) is 26.5 Å². The third kappa shape index (κ3) is 4.73. The number of carbonyl (C=O) groups is 1. The average Bonchev–Trinajstić information content (AvgIpc) is 3.02. The summed E-state index contributed by atoms with van der Waals surface area (Å²) in [6.07, 6.45) is 3.12. The Morgan fingerprint density at radius 3 is 2.41 bits per heavy atom. The second-order valence-corrected chi connectivity index (χ2v) is 9.62. The number of hydrogen-bond acceptors (Lipinski definition) is 5. The van der Waals surface area contributed by atoms with Crippen LogP contribution in [0.1, 0.15) is 16.3 Å². The van der Waals surface area contributed by atoms with Crippen LogP contribution in [-0.4, -0.2) is 30.1 Å². The summed E-state index contributed by atoms with van der Waals surface area (Å²) in [7, 11) is -4.21. The number of carbonyl (C=O) groups excluding carboxylic acids is 1. The summed E-state index contributed by atoms with van der Waals surface area (Å²) in [5.41, 5.74) is 0.505. The van der Waals surface area contributed by atoms with Crippen LogP contribution in [0.15, 0.2) is 52.4 Å². The van der Waals surface area contributed by atoms with Crippen molar-refractivity contribution in [1.82, 2.24) is 14.3 Å². The number of sulfonamides is 1. The number of nitrogens with one attached hydrogen (secondary N) is 1. The topological polar surface area (TPSA) is 81.1 Å². The number of hydrogen-bond donors (Lipinski definition) is 1. The molecule has 29 heavy (non-hydrogen) atoms. The van der Waals surface area contributed by atoms with Gasteiger partial charge in [0.2, 0.25) is 0 Å². The fraction of sp³-hybridized carbons (Fsp3) is 0.111. The van der Waals surface area contributed by atoms with Gasteiger partial charge in [0.15, 0.2) is 0 Å². The smallest absolute Gasteiger partial charge is 0.285 e. The summed E-state index contributed by atoms with van der Waals surface area (Å²) in [5.74, 6) is -0.430. The van der Waals surface area contributed by atoms with Crippen LogP contribution in [0.5, 0.6) is 0 Å². The molecule has 2 aromatic carbocycles. The molecule has 6 nitrogen and oxygen atoms in total. The van der Waals surface area contributed by atoms with Gasteiger partial charge in [-0.3, -0.25) is 4.79 Å². The highest BCUT2D eigenvalue weighted by atomic mass is 35.5. The molecular formula is C18H14Cl3N3O3S2. The first kappa shape index (κ1) is 22.0. The van der Waals surface area contributed by atoms with Crippen molar-refractivity contribution in [2.75, 3.05) is 6.26 Å². The maximum Gasteiger partial charge on any atom is 0.285 e. The van der Waals surface area contributed by atoms with E-state index in [1.54, 1.807) is 48.1 Å². The summed E-state index contributed by atoms with van der Waals surface area (Å²) in [5, 5.41) is 0.849. The standard InChI is InChI=1S/C18H14Cl3N3O3S2/c1-10-22-15(9-24(10)13-7-11(19)6-12(20)8-13)18(25)23-29(26,27)17-14(21)4-3-5-16(17)28-2/h3-9H,1-2H3,(H,23,25). The minimum atomic E-state index is -4.21. The van der Waals surface area contributed by atoms with Crippen LogP contribution in [0, 0.1) is 6.92 Å². The molecule has 0 aliphatic heterocycles. The van der Waals surface area contributed by atoms with E-state index in [1.807, 2.05) is 4.72 Å². The quantitative estimate of drug-likeness (QED) is 0.510. The SMILES string of the molecule is CSc1cccc(Cl)c1S(=O)(=O)NC(=O)c1cn(-c2cc(Cl)cc(Cl)c2)c(C)n1. The van der Waals surface area contributed by atoms with Crippen molar-refractivity contribution >= 4 is 62.5 Å². The molecule has 0 radical (unpaired) electrons. The molecule has 0 atom stereocenters. The lowest BCUT2D eigenvalue weighted by Crippen LogP contribution is -2.31. The lowest BCUT2D eigenvalue weighted by molar-refractivity contribution is 0.0977. The van der Waals surface area contributed by atoms with Gasteiger partial charge in [-0.05, 0) is 43.5 Å². The van der Waals surface area contributed by atoms with Gasteiger partial charge in [-0.15, -0.1) is 11.8 Å². The third-order valence-electron chi connectivity index (χ3n) is 3.89. The Morgan fingerprint density at radius 1 is 1.14 bits per heavy atom. The van der Waals surface area contributed by atoms with Crippen LogP contribution >= 0.6 is 46.6 Å². The van der Waals surface area contributed by atoms with E-state index in [2.05, 4.69) is 4.98 Å². The molecule has 0 bridgehead atoms. The predicted octanol–water partition coefficient (Wildman–Crippen LogP) is 4.98.